The molecule has 1 fully saturated rings. The van der Waals surface area contributed by atoms with E-state index < -0.39 is 0 Å². The number of piperidine rings is 1. The summed E-state index contributed by atoms with van der Waals surface area (Å²) in [4.78, 5) is 12.5. The van der Waals surface area contributed by atoms with Gasteiger partial charge >= 0.3 is 0 Å². The number of carbonyl (C=O) groups excluding carboxylic acids is 1. The molecule has 0 aliphatic carbocycles. The Kier molecular flexibility index (Phi) is 8.07. The summed E-state index contributed by atoms with van der Waals surface area (Å²) >= 11 is 0. The van der Waals surface area contributed by atoms with Crippen LogP contribution in [0.25, 0.3) is 0 Å². The van der Waals surface area contributed by atoms with E-state index in [1.807, 2.05) is 29.8 Å². The molecule has 8 nitrogen and oxygen atoms in total. The third-order valence-electron chi connectivity index (χ3n) is 4.79. The summed E-state index contributed by atoms with van der Waals surface area (Å²) in [6.45, 7) is 3.90. The molecule has 0 radical (unpaired) electrons. The maximum Gasteiger partial charge on any atom is 0.273 e. The normalized spacial score (nSPS) is 15.4. The highest BCUT2D eigenvalue weighted by atomic mass is 35.5. The zero-order valence-corrected chi connectivity index (χ0v) is 17.3. The predicted octanol–water partition coefficient (Wildman–Crippen LogP) is 2.00. The van der Waals surface area contributed by atoms with Crippen LogP contribution >= 0.6 is 12.4 Å². The van der Waals surface area contributed by atoms with Gasteiger partial charge in [-0.25, -0.2) is 4.68 Å². The van der Waals surface area contributed by atoms with Crippen LogP contribution in [-0.4, -0.2) is 54.3 Å². The van der Waals surface area contributed by atoms with Gasteiger partial charge in [-0.2, -0.15) is 0 Å². The lowest BCUT2D eigenvalue weighted by molar-refractivity contribution is 0.0935. The number of nitrogens with one attached hydrogen (secondary N) is 2. The summed E-state index contributed by atoms with van der Waals surface area (Å²) in [5.41, 5.74) is 1.41. The largest absolute Gasteiger partial charge is 0.493 e. The molecule has 0 spiro atoms. The van der Waals surface area contributed by atoms with Crippen molar-refractivity contribution in [2.45, 2.75) is 38.3 Å². The first kappa shape index (κ1) is 22.0. The standard InChI is InChI=1S/C19H27N5O3.ClH/c1-13(10-14-4-5-17(26-2)18(11-14)27-3)21-19(25)16-12-24(23-22-16)15-6-8-20-9-7-15;/h4-5,11-13,15,20H,6-10H2,1-3H3,(H,21,25);1H. The van der Waals surface area contributed by atoms with Gasteiger partial charge in [0, 0.05) is 6.04 Å². The van der Waals surface area contributed by atoms with Gasteiger partial charge in [-0.15, -0.1) is 17.5 Å². The van der Waals surface area contributed by atoms with E-state index in [0.717, 1.165) is 31.5 Å². The molecule has 1 aliphatic rings. The number of rotatable bonds is 7. The fourth-order valence-electron chi connectivity index (χ4n) is 3.34. The third-order valence-corrected chi connectivity index (χ3v) is 4.79. The number of hydrogen-bond donors (Lipinski definition) is 2. The van der Waals surface area contributed by atoms with Gasteiger partial charge in [0.2, 0.25) is 0 Å². The fourth-order valence-corrected chi connectivity index (χ4v) is 3.34. The van der Waals surface area contributed by atoms with Gasteiger partial charge in [-0.3, -0.25) is 4.79 Å². The first-order valence-corrected chi connectivity index (χ1v) is 9.25. The summed E-state index contributed by atoms with van der Waals surface area (Å²) in [6.07, 6.45) is 4.42. The Balaban J connectivity index is 0.00000280. The number of carbonyl (C=O) groups is 1. The monoisotopic (exact) mass is 409 g/mol. The van der Waals surface area contributed by atoms with E-state index in [1.165, 1.54) is 0 Å². The summed E-state index contributed by atoms with van der Waals surface area (Å²) < 4.78 is 12.4. The molecule has 1 aromatic carbocycles. The first-order chi connectivity index (χ1) is 13.1. The Morgan fingerprint density at radius 2 is 2.00 bits per heavy atom. The van der Waals surface area contributed by atoms with E-state index in [0.29, 0.717) is 29.7 Å². The quantitative estimate of drug-likeness (QED) is 0.727. The SMILES string of the molecule is COc1ccc(CC(C)NC(=O)c2cn(C3CCNCC3)nn2)cc1OC.Cl. The molecule has 1 aliphatic heterocycles. The molecule has 0 saturated carbocycles. The van der Waals surface area contributed by atoms with Crippen molar-refractivity contribution in [3.8, 4) is 11.5 Å². The molecule has 1 amide bonds. The molecule has 9 heteroatoms. The topological polar surface area (TPSA) is 90.3 Å². The van der Waals surface area contributed by atoms with Crippen LogP contribution in [-0.2, 0) is 6.42 Å². The lowest BCUT2D eigenvalue weighted by Gasteiger charge is -2.22. The number of methoxy groups -OCH3 is 2. The van der Waals surface area contributed by atoms with Crippen molar-refractivity contribution in [1.29, 1.82) is 0 Å². The van der Waals surface area contributed by atoms with Gasteiger partial charge < -0.3 is 20.1 Å². The highest BCUT2D eigenvalue weighted by Crippen LogP contribution is 2.28. The molecule has 28 heavy (non-hydrogen) atoms. The molecular weight excluding hydrogens is 382 g/mol. The van der Waals surface area contributed by atoms with Gasteiger partial charge in [0.1, 0.15) is 0 Å². The number of amides is 1. The van der Waals surface area contributed by atoms with Gasteiger partial charge in [-0.1, -0.05) is 11.3 Å². The summed E-state index contributed by atoms with van der Waals surface area (Å²) in [5.74, 6) is 1.16. The van der Waals surface area contributed by atoms with Crippen LogP contribution in [0.4, 0.5) is 0 Å². The molecule has 0 bridgehead atoms. The van der Waals surface area contributed by atoms with Crippen LogP contribution in [0, 0.1) is 0 Å². The van der Waals surface area contributed by atoms with Crippen LogP contribution in [0.5, 0.6) is 11.5 Å². The number of halogens is 1. The molecule has 2 aromatic rings. The van der Waals surface area contributed by atoms with E-state index in [-0.39, 0.29) is 24.4 Å². The number of aromatic nitrogens is 3. The van der Waals surface area contributed by atoms with E-state index >= 15 is 0 Å². The Morgan fingerprint density at radius 1 is 1.29 bits per heavy atom. The average Bonchev–Trinajstić information content (AvgIpc) is 3.19. The van der Waals surface area contributed by atoms with Crippen molar-refractivity contribution in [3.05, 3.63) is 35.7 Å². The third kappa shape index (κ3) is 5.36. The molecule has 3 rings (SSSR count). The molecule has 1 atom stereocenters. The Morgan fingerprint density at radius 3 is 2.68 bits per heavy atom. The minimum Gasteiger partial charge on any atom is -0.493 e. The molecule has 1 unspecified atom stereocenters. The van der Waals surface area contributed by atoms with Crippen molar-refractivity contribution in [1.82, 2.24) is 25.6 Å². The maximum absolute atomic E-state index is 12.5. The number of nitrogens with zero attached hydrogens (tertiary/aromatic N) is 3. The van der Waals surface area contributed by atoms with E-state index in [9.17, 15) is 4.79 Å². The Bertz CT molecular complexity index is 777. The minimum absolute atomic E-state index is 0. The fraction of sp³-hybridized carbons (Fsp3) is 0.526. The second-order valence-electron chi connectivity index (χ2n) is 6.83. The van der Waals surface area contributed by atoms with Crippen molar-refractivity contribution in [2.75, 3.05) is 27.3 Å². The van der Waals surface area contributed by atoms with Gasteiger partial charge in [-0.05, 0) is 57.0 Å². The lowest BCUT2D eigenvalue weighted by atomic mass is 10.1. The first-order valence-electron chi connectivity index (χ1n) is 9.25. The van der Waals surface area contributed by atoms with Crippen molar-refractivity contribution in [3.63, 3.8) is 0 Å². The van der Waals surface area contributed by atoms with Gasteiger partial charge in [0.15, 0.2) is 17.2 Å². The number of ether oxygens (including phenoxy) is 2. The highest BCUT2D eigenvalue weighted by molar-refractivity contribution is 5.92. The summed E-state index contributed by atoms with van der Waals surface area (Å²) in [6, 6.07) is 6.02. The predicted molar refractivity (Wildman–Crippen MR) is 109 cm³/mol. The zero-order chi connectivity index (χ0) is 19.2. The van der Waals surface area contributed by atoms with E-state index in [2.05, 4.69) is 20.9 Å². The maximum atomic E-state index is 12.5. The molecule has 1 saturated heterocycles. The molecule has 1 aromatic heterocycles. The highest BCUT2D eigenvalue weighted by Gasteiger charge is 2.19. The molecule has 154 valence electrons. The summed E-state index contributed by atoms with van der Waals surface area (Å²) in [7, 11) is 3.22. The van der Waals surface area contributed by atoms with Crippen molar-refractivity contribution in [2.24, 2.45) is 0 Å². The minimum atomic E-state index is -0.205. The molecular formula is C19H28ClN5O3. The van der Waals surface area contributed by atoms with E-state index in [4.69, 9.17) is 9.47 Å². The Hall–Kier alpha value is -2.32. The van der Waals surface area contributed by atoms with Crippen LogP contribution in [0.15, 0.2) is 24.4 Å². The zero-order valence-electron chi connectivity index (χ0n) is 16.5. The summed E-state index contributed by atoms with van der Waals surface area (Å²) in [5, 5.41) is 14.5. The van der Waals surface area contributed by atoms with E-state index in [1.54, 1.807) is 20.4 Å². The number of benzene rings is 1. The van der Waals surface area contributed by atoms with Crippen molar-refractivity contribution < 1.29 is 14.3 Å². The second kappa shape index (κ2) is 10.3. The van der Waals surface area contributed by atoms with Gasteiger partial charge in [0.05, 0.1) is 26.5 Å². The Labute approximate surface area is 171 Å². The van der Waals surface area contributed by atoms with Crippen LogP contribution in [0.1, 0.15) is 41.9 Å². The van der Waals surface area contributed by atoms with Crippen LogP contribution in [0.2, 0.25) is 0 Å². The van der Waals surface area contributed by atoms with Crippen molar-refractivity contribution >= 4 is 18.3 Å². The van der Waals surface area contributed by atoms with Crippen LogP contribution in [0.3, 0.4) is 0 Å². The lowest BCUT2D eigenvalue weighted by Crippen LogP contribution is -2.34. The average molecular weight is 410 g/mol. The smallest absolute Gasteiger partial charge is 0.273 e. The molecule has 2 heterocycles. The molecule has 2 N–H and O–H groups in total. The number of hydrogen-bond acceptors (Lipinski definition) is 6. The van der Waals surface area contributed by atoms with Crippen LogP contribution < -0.4 is 20.1 Å². The second-order valence-corrected chi connectivity index (χ2v) is 6.83. The van der Waals surface area contributed by atoms with Gasteiger partial charge in [0.25, 0.3) is 5.91 Å².